The molecule has 0 spiro atoms. The quantitative estimate of drug-likeness (QED) is 0.836. The number of hydrogen-bond donors (Lipinski definition) is 2. The van der Waals surface area contributed by atoms with Crippen molar-refractivity contribution in [2.45, 2.75) is 0 Å². The first-order chi connectivity index (χ1) is 6.59. The van der Waals surface area contributed by atoms with Crippen LogP contribution in [0.1, 0.15) is 9.67 Å². The summed E-state index contributed by atoms with van der Waals surface area (Å²) in [6.45, 7) is 0. The van der Waals surface area contributed by atoms with E-state index in [1.807, 2.05) is 0 Å². The maximum absolute atomic E-state index is 10.8. The van der Waals surface area contributed by atoms with Crippen molar-refractivity contribution in [2.75, 3.05) is 5.73 Å². The number of anilines is 1. The fourth-order valence-corrected chi connectivity index (χ4v) is 2.35. The van der Waals surface area contributed by atoms with Crippen LogP contribution in [0.15, 0.2) is 16.7 Å². The van der Waals surface area contributed by atoms with E-state index in [0.717, 1.165) is 15.8 Å². The van der Waals surface area contributed by atoms with E-state index in [0.29, 0.717) is 10.2 Å². The summed E-state index contributed by atoms with van der Waals surface area (Å²) < 4.78 is 0.784. The number of aromatic nitrogens is 1. The molecule has 0 atom stereocenters. The number of halogens is 1. The van der Waals surface area contributed by atoms with Crippen molar-refractivity contribution in [3.8, 4) is 0 Å². The second kappa shape index (κ2) is 3.21. The van der Waals surface area contributed by atoms with Gasteiger partial charge in [-0.3, -0.25) is 0 Å². The van der Waals surface area contributed by atoms with Gasteiger partial charge in [-0.1, -0.05) is 0 Å². The van der Waals surface area contributed by atoms with Crippen LogP contribution in [0.25, 0.3) is 10.2 Å². The largest absolute Gasteiger partial charge is 0.477 e. The number of nitrogens with two attached hydrogens (primary N) is 1. The van der Waals surface area contributed by atoms with E-state index < -0.39 is 5.97 Å². The molecule has 0 aliphatic rings. The Morgan fingerprint density at radius 1 is 1.64 bits per heavy atom. The minimum absolute atomic E-state index is 0.144. The minimum Gasteiger partial charge on any atom is -0.477 e. The molecular formula is C8H5BrN2O2S. The van der Waals surface area contributed by atoms with Crippen molar-refractivity contribution < 1.29 is 9.90 Å². The Hall–Kier alpha value is -1.14. The van der Waals surface area contributed by atoms with Gasteiger partial charge in [-0.05, 0) is 22.0 Å². The molecule has 0 fully saturated rings. The molecule has 14 heavy (non-hydrogen) atoms. The van der Waals surface area contributed by atoms with Crippen LogP contribution in [0.3, 0.4) is 0 Å². The van der Waals surface area contributed by atoms with Crippen LogP contribution in [0.4, 0.5) is 5.69 Å². The lowest BCUT2D eigenvalue weighted by Gasteiger charge is -1.92. The van der Waals surface area contributed by atoms with E-state index in [-0.39, 0.29) is 10.6 Å². The molecule has 0 unspecified atom stereocenters. The molecular weight excluding hydrogens is 268 g/mol. The highest BCUT2D eigenvalue weighted by molar-refractivity contribution is 9.10. The van der Waals surface area contributed by atoms with Crippen LogP contribution in [0.2, 0.25) is 0 Å². The van der Waals surface area contributed by atoms with Gasteiger partial charge in [0.15, 0.2) is 0 Å². The SMILES string of the molecule is Nc1c(C(=O)O)sc2ncc(Br)cc12. The molecule has 4 nitrogen and oxygen atoms in total. The van der Waals surface area contributed by atoms with Gasteiger partial charge in [0.2, 0.25) is 0 Å². The van der Waals surface area contributed by atoms with Crippen molar-refractivity contribution in [3.05, 3.63) is 21.6 Å². The third-order valence-corrected chi connectivity index (χ3v) is 3.30. The van der Waals surface area contributed by atoms with Crippen LogP contribution < -0.4 is 5.73 Å². The average molecular weight is 273 g/mol. The number of aromatic carboxylic acids is 1. The molecule has 2 rings (SSSR count). The zero-order valence-corrected chi connectivity index (χ0v) is 9.22. The van der Waals surface area contributed by atoms with E-state index in [1.165, 1.54) is 0 Å². The summed E-state index contributed by atoms with van der Waals surface area (Å²) in [5.74, 6) is -1.01. The van der Waals surface area contributed by atoms with Crippen LogP contribution in [0.5, 0.6) is 0 Å². The first kappa shape index (κ1) is 9.42. The Balaban J connectivity index is 2.80. The summed E-state index contributed by atoms with van der Waals surface area (Å²) in [5, 5.41) is 9.51. The highest BCUT2D eigenvalue weighted by Gasteiger charge is 2.15. The van der Waals surface area contributed by atoms with Crippen LogP contribution >= 0.6 is 27.3 Å². The standard InChI is InChI=1S/C8H5BrN2O2S/c9-3-1-4-5(10)6(8(12)13)14-7(4)11-2-3/h1-2H,10H2,(H,12,13). The lowest BCUT2D eigenvalue weighted by Crippen LogP contribution is -1.96. The molecule has 0 saturated carbocycles. The second-order valence-electron chi connectivity index (χ2n) is 2.66. The number of fused-ring (bicyclic) bond motifs is 1. The van der Waals surface area contributed by atoms with Gasteiger partial charge in [0.05, 0.1) is 5.69 Å². The molecule has 0 aromatic carbocycles. The summed E-state index contributed by atoms with van der Waals surface area (Å²) in [4.78, 5) is 15.6. The second-order valence-corrected chi connectivity index (χ2v) is 4.57. The van der Waals surface area contributed by atoms with E-state index >= 15 is 0 Å². The number of hydrogen-bond acceptors (Lipinski definition) is 4. The van der Waals surface area contributed by atoms with Gasteiger partial charge in [0.1, 0.15) is 9.71 Å². The monoisotopic (exact) mass is 272 g/mol. The predicted molar refractivity (Wildman–Crippen MR) is 58.7 cm³/mol. The molecule has 2 aromatic heterocycles. The van der Waals surface area contributed by atoms with Crippen LogP contribution in [-0.2, 0) is 0 Å². The fraction of sp³-hybridized carbons (Fsp3) is 0. The van der Waals surface area contributed by atoms with E-state index in [2.05, 4.69) is 20.9 Å². The molecule has 3 N–H and O–H groups in total. The Kier molecular flexibility index (Phi) is 2.16. The zero-order chi connectivity index (χ0) is 10.3. The maximum atomic E-state index is 10.8. The van der Waals surface area contributed by atoms with Crippen molar-refractivity contribution >= 4 is 49.1 Å². The zero-order valence-electron chi connectivity index (χ0n) is 6.82. The molecule has 2 heterocycles. The third kappa shape index (κ3) is 1.36. The summed E-state index contributed by atoms with van der Waals surface area (Å²) >= 11 is 4.34. The molecule has 0 radical (unpaired) electrons. The molecule has 2 aromatic rings. The lowest BCUT2D eigenvalue weighted by atomic mass is 10.3. The molecule has 0 aliphatic carbocycles. The predicted octanol–water partition coefficient (Wildman–Crippen LogP) is 2.34. The minimum atomic E-state index is -1.01. The topological polar surface area (TPSA) is 76.2 Å². The summed E-state index contributed by atoms with van der Waals surface area (Å²) in [6, 6.07) is 1.76. The van der Waals surface area contributed by atoms with Crippen LogP contribution in [0, 0.1) is 0 Å². The summed E-state index contributed by atoms with van der Waals surface area (Å²) in [5.41, 5.74) is 5.96. The number of carboxylic acids is 1. The van der Waals surface area contributed by atoms with Crippen molar-refractivity contribution in [2.24, 2.45) is 0 Å². The molecule has 72 valence electrons. The number of carbonyl (C=O) groups is 1. The Morgan fingerprint density at radius 3 is 3.00 bits per heavy atom. The molecule has 0 aliphatic heterocycles. The molecule has 0 amide bonds. The van der Waals surface area contributed by atoms with Crippen LogP contribution in [-0.4, -0.2) is 16.1 Å². The number of rotatable bonds is 1. The smallest absolute Gasteiger partial charge is 0.348 e. The van der Waals surface area contributed by atoms with Crippen molar-refractivity contribution in [3.63, 3.8) is 0 Å². The van der Waals surface area contributed by atoms with E-state index in [9.17, 15) is 4.79 Å². The Labute approximate surface area is 91.5 Å². The number of nitrogen functional groups attached to an aromatic ring is 1. The van der Waals surface area contributed by atoms with Gasteiger partial charge in [-0.15, -0.1) is 11.3 Å². The number of pyridine rings is 1. The Morgan fingerprint density at radius 2 is 2.36 bits per heavy atom. The summed E-state index contributed by atoms with van der Waals surface area (Å²) in [6.07, 6.45) is 1.61. The molecule has 6 heteroatoms. The highest BCUT2D eigenvalue weighted by Crippen LogP contribution is 2.33. The molecule has 0 bridgehead atoms. The van der Waals surface area contributed by atoms with Gasteiger partial charge in [-0.25, -0.2) is 9.78 Å². The van der Waals surface area contributed by atoms with Gasteiger partial charge in [-0.2, -0.15) is 0 Å². The summed E-state index contributed by atoms with van der Waals surface area (Å²) in [7, 11) is 0. The highest BCUT2D eigenvalue weighted by atomic mass is 79.9. The average Bonchev–Trinajstić information content (AvgIpc) is 2.44. The van der Waals surface area contributed by atoms with Crippen molar-refractivity contribution in [1.82, 2.24) is 4.98 Å². The third-order valence-electron chi connectivity index (χ3n) is 1.75. The van der Waals surface area contributed by atoms with Gasteiger partial charge in [0, 0.05) is 16.1 Å². The number of carboxylic acid groups (broad SMARTS) is 1. The lowest BCUT2D eigenvalue weighted by molar-refractivity contribution is 0.0703. The van der Waals surface area contributed by atoms with Crippen molar-refractivity contribution in [1.29, 1.82) is 0 Å². The normalized spacial score (nSPS) is 10.6. The fourth-order valence-electron chi connectivity index (χ4n) is 1.13. The van der Waals surface area contributed by atoms with Gasteiger partial charge < -0.3 is 10.8 Å². The number of nitrogens with zero attached hydrogens (tertiary/aromatic N) is 1. The van der Waals surface area contributed by atoms with Gasteiger partial charge in [0.25, 0.3) is 0 Å². The Bertz CT molecular complexity index is 523. The maximum Gasteiger partial charge on any atom is 0.348 e. The first-order valence-corrected chi connectivity index (χ1v) is 5.27. The van der Waals surface area contributed by atoms with E-state index in [1.54, 1.807) is 12.3 Å². The number of thiophene rings is 1. The van der Waals surface area contributed by atoms with E-state index in [4.69, 9.17) is 10.8 Å². The molecule has 0 saturated heterocycles. The van der Waals surface area contributed by atoms with Gasteiger partial charge >= 0.3 is 5.97 Å². The first-order valence-electron chi connectivity index (χ1n) is 3.66.